The average Bonchev–Trinajstić information content (AvgIpc) is 2.59. The second-order valence-corrected chi connectivity index (χ2v) is 7.89. The van der Waals surface area contributed by atoms with E-state index in [2.05, 4.69) is 10.0 Å². The van der Waals surface area contributed by atoms with Gasteiger partial charge in [0.2, 0.25) is 10.0 Å². The van der Waals surface area contributed by atoms with E-state index in [1.807, 2.05) is 6.92 Å². The van der Waals surface area contributed by atoms with E-state index in [0.717, 1.165) is 23.8 Å². The summed E-state index contributed by atoms with van der Waals surface area (Å²) in [6.45, 7) is 5.88. The van der Waals surface area contributed by atoms with Gasteiger partial charge in [0.1, 0.15) is 11.6 Å². The van der Waals surface area contributed by atoms with Crippen molar-refractivity contribution in [3.63, 3.8) is 0 Å². The number of sulfonamides is 1. The molecule has 0 aliphatic heterocycles. The van der Waals surface area contributed by atoms with Gasteiger partial charge in [-0.1, -0.05) is 12.1 Å². The molecule has 0 radical (unpaired) electrons. The van der Waals surface area contributed by atoms with Crippen LogP contribution in [-0.4, -0.2) is 27.0 Å². The van der Waals surface area contributed by atoms with Gasteiger partial charge in [0.25, 0.3) is 5.91 Å². The van der Waals surface area contributed by atoms with Crippen LogP contribution < -0.4 is 14.8 Å². The second-order valence-electron chi connectivity index (χ2n) is 6.18. The van der Waals surface area contributed by atoms with Gasteiger partial charge in [-0.05, 0) is 56.7 Å². The van der Waals surface area contributed by atoms with Gasteiger partial charge in [0.05, 0.1) is 17.1 Å². The molecular weight excluding hydrogens is 371 g/mol. The van der Waals surface area contributed by atoms with Crippen molar-refractivity contribution in [1.82, 2.24) is 10.0 Å². The molecule has 8 heteroatoms. The third kappa shape index (κ3) is 5.77. The van der Waals surface area contributed by atoms with Crippen LogP contribution in [0.4, 0.5) is 4.39 Å². The smallest absolute Gasteiger partial charge is 0.254 e. The first-order valence-electron chi connectivity index (χ1n) is 8.54. The number of ether oxygens (including phenoxy) is 1. The Hall–Kier alpha value is -2.45. The molecule has 0 bridgehead atoms. The fourth-order valence-corrected chi connectivity index (χ4v) is 3.69. The average molecular weight is 394 g/mol. The minimum absolute atomic E-state index is 0.153. The highest BCUT2D eigenvalue weighted by atomic mass is 32.2. The Morgan fingerprint density at radius 3 is 2.59 bits per heavy atom. The van der Waals surface area contributed by atoms with Crippen LogP contribution in [0.15, 0.2) is 47.4 Å². The number of halogens is 1. The van der Waals surface area contributed by atoms with Crippen LogP contribution in [0.3, 0.4) is 0 Å². The Bertz CT molecular complexity index is 914. The van der Waals surface area contributed by atoms with E-state index in [1.165, 1.54) is 0 Å². The summed E-state index contributed by atoms with van der Waals surface area (Å²) >= 11 is 0. The molecular formula is C19H23FN2O4S. The van der Waals surface area contributed by atoms with Crippen LogP contribution >= 0.6 is 0 Å². The van der Waals surface area contributed by atoms with Crippen molar-refractivity contribution in [2.45, 2.75) is 38.3 Å². The van der Waals surface area contributed by atoms with E-state index in [1.54, 1.807) is 38.1 Å². The van der Waals surface area contributed by atoms with Crippen molar-refractivity contribution in [2.24, 2.45) is 0 Å². The lowest BCUT2D eigenvalue weighted by atomic mass is 10.1. The molecule has 6 nitrogen and oxygen atoms in total. The molecule has 146 valence electrons. The summed E-state index contributed by atoms with van der Waals surface area (Å²) in [4.78, 5) is 12.2. The number of carbonyl (C=O) groups is 1. The zero-order valence-corrected chi connectivity index (χ0v) is 16.3. The third-order valence-corrected chi connectivity index (χ3v) is 5.20. The predicted octanol–water partition coefficient (Wildman–Crippen LogP) is 2.84. The van der Waals surface area contributed by atoms with Gasteiger partial charge in [0.15, 0.2) is 0 Å². The summed E-state index contributed by atoms with van der Waals surface area (Å²) in [6, 6.07) is 9.96. The molecule has 0 fully saturated rings. The standard InChI is InChI=1S/C19H23FN2O4S/c1-4-26-15-7-5-6-14(10-15)12-21-19(23)17-11-16(8-9-18(17)20)27(24,25)22-13(2)3/h5-11,13,22H,4,12H2,1-3H3,(H,21,23). The molecule has 0 aliphatic carbocycles. The summed E-state index contributed by atoms with van der Waals surface area (Å²) in [6.07, 6.45) is 0. The monoisotopic (exact) mass is 394 g/mol. The van der Waals surface area contributed by atoms with Crippen molar-refractivity contribution in [3.8, 4) is 5.75 Å². The largest absolute Gasteiger partial charge is 0.494 e. The maximum absolute atomic E-state index is 14.1. The number of hydrogen-bond acceptors (Lipinski definition) is 4. The number of hydrogen-bond donors (Lipinski definition) is 2. The third-order valence-electron chi connectivity index (χ3n) is 3.55. The van der Waals surface area contributed by atoms with E-state index in [9.17, 15) is 17.6 Å². The summed E-state index contributed by atoms with van der Waals surface area (Å²) in [5.41, 5.74) is 0.447. The molecule has 2 aromatic carbocycles. The van der Waals surface area contributed by atoms with Crippen molar-refractivity contribution < 1.29 is 22.3 Å². The minimum atomic E-state index is -3.82. The van der Waals surface area contributed by atoms with E-state index in [4.69, 9.17) is 4.74 Å². The molecule has 0 unspecified atom stereocenters. The van der Waals surface area contributed by atoms with Gasteiger partial charge in [-0.25, -0.2) is 17.5 Å². The predicted molar refractivity (Wildman–Crippen MR) is 101 cm³/mol. The molecule has 0 spiro atoms. The highest BCUT2D eigenvalue weighted by molar-refractivity contribution is 7.89. The molecule has 0 heterocycles. The number of carbonyl (C=O) groups excluding carboxylic acids is 1. The van der Waals surface area contributed by atoms with Crippen molar-refractivity contribution in [1.29, 1.82) is 0 Å². The first kappa shape index (κ1) is 20.9. The summed E-state index contributed by atoms with van der Waals surface area (Å²) in [5.74, 6) is -0.821. The first-order valence-corrected chi connectivity index (χ1v) is 10.0. The first-order chi connectivity index (χ1) is 12.7. The number of rotatable bonds is 8. The Kier molecular flexibility index (Phi) is 6.92. The van der Waals surface area contributed by atoms with Gasteiger partial charge in [-0.15, -0.1) is 0 Å². The van der Waals surface area contributed by atoms with Gasteiger partial charge in [-0.3, -0.25) is 4.79 Å². The Balaban J connectivity index is 2.16. The Labute approximate surface area is 158 Å². The van der Waals surface area contributed by atoms with E-state index >= 15 is 0 Å². The molecule has 0 aromatic heterocycles. The van der Waals surface area contributed by atoms with Crippen molar-refractivity contribution in [2.75, 3.05) is 6.61 Å². The molecule has 2 rings (SSSR count). The highest BCUT2D eigenvalue weighted by Gasteiger charge is 2.20. The number of amides is 1. The number of nitrogens with one attached hydrogen (secondary N) is 2. The normalized spacial score (nSPS) is 11.4. The Morgan fingerprint density at radius 1 is 1.19 bits per heavy atom. The van der Waals surface area contributed by atoms with Crippen LogP contribution in [0.25, 0.3) is 0 Å². The van der Waals surface area contributed by atoms with Crippen LogP contribution in [0.1, 0.15) is 36.7 Å². The molecule has 0 aliphatic rings. The lowest BCUT2D eigenvalue weighted by Crippen LogP contribution is -2.31. The molecule has 1 amide bonds. The van der Waals surface area contributed by atoms with Crippen molar-refractivity contribution in [3.05, 3.63) is 59.4 Å². The van der Waals surface area contributed by atoms with E-state index in [0.29, 0.717) is 12.4 Å². The lowest BCUT2D eigenvalue weighted by molar-refractivity contribution is 0.0946. The van der Waals surface area contributed by atoms with Crippen LogP contribution in [0, 0.1) is 5.82 Å². The molecule has 2 aromatic rings. The second kappa shape index (κ2) is 8.96. The van der Waals surface area contributed by atoms with Gasteiger partial charge in [-0.2, -0.15) is 0 Å². The molecule has 0 atom stereocenters. The lowest BCUT2D eigenvalue weighted by Gasteiger charge is -2.12. The van der Waals surface area contributed by atoms with Crippen molar-refractivity contribution >= 4 is 15.9 Å². The summed E-state index contributed by atoms with van der Waals surface area (Å²) in [5, 5.41) is 2.60. The van der Waals surface area contributed by atoms with E-state index < -0.39 is 21.7 Å². The van der Waals surface area contributed by atoms with Crippen LogP contribution in [0.5, 0.6) is 5.75 Å². The number of benzene rings is 2. The topological polar surface area (TPSA) is 84.5 Å². The summed E-state index contributed by atoms with van der Waals surface area (Å²) in [7, 11) is -3.82. The zero-order chi connectivity index (χ0) is 20.0. The quantitative estimate of drug-likeness (QED) is 0.721. The highest BCUT2D eigenvalue weighted by Crippen LogP contribution is 2.17. The van der Waals surface area contributed by atoms with Gasteiger partial charge < -0.3 is 10.1 Å². The van der Waals surface area contributed by atoms with Gasteiger partial charge >= 0.3 is 0 Å². The SMILES string of the molecule is CCOc1cccc(CNC(=O)c2cc(S(=O)(=O)NC(C)C)ccc2F)c1. The molecule has 2 N–H and O–H groups in total. The minimum Gasteiger partial charge on any atom is -0.494 e. The maximum atomic E-state index is 14.1. The fourth-order valence-electron chi connectivity index (χ4n) is 2.41. The zero-order valence-electron chi connectivity index (χ0n) is 15.5. The van der Waals surface area contributed by atoms with Crippen LogP contribution in [0.2, 0.25) is 0 Å². The molecule has 27 heavy (non-hydrogen) atoms. The molecule has 0 saturated carbocycles. The molecule has 0 saturated heterocycles. The van der Waals surface area contributed by atoms with Gasteiger partial charge in [0, 0.05) is 12.6 Å². The maximum Gasteiger partial charge on any atom is 0.254 e. The summed E-state index contributed by atoms with van der Waals surface area (Å²) < 4.78 is 46.3. The van der Waals surface area contributed by atoms with Crippen LogP contribution in [-0.2, 0) is 16.6 Å². The fraction of sp³-hybridized carbons (Fsp3) is 0.316. The van der Waals surface area contributed by atoms with E-state index in [-0.39, 0.29) is 23.0 Å². The Morgan fingerprint density at radius 2 is 1.93 bits per heavy atom.